The molecule has 0 bridgehead atoms. The second-order valence-electron chi connectivity index (χ2n) is 4.22. The molecule has 3 rings (SSSR count). The van der Waals surface area contributed by atoms with Gasteiger partial charge in [-0.05, 0) is 24.3 Å². The highest BCUT2D eigenvalue weighted by molar-refractivity contribution is 6.33. The fraction of sp³-hybridized carbons (Fsp3) is 0.0667. The fourth-order valence-electron chi connectivity index (χ4n) is 1.76. The fourth-order valence-corrected chi connectivity index (χ4v) is 1.97. The minimum Gasteiger partial charge on any atom is -0.461 e. The summed E-state index contributed by atoms with van der Waals surface area (Å²) >= 11 is 5.93. The number of halogens is 1. The average molecular weight is 304 g/mol. The first-order chi connectivity index (χ1) is 10.2. The summed E-state index contributed by atoms with van der Waals surface area (Å²) in [5.41, 5.74) is 0.802. The van der Waals surface area contributed by atoms with Crippen molar-refractivity contribution >= 4 is 17.6 Å². The summed E-state index contributed by atoms with van der Waals surface area (Å²) < 4.78 is 15.4. The van der Waals surface area contributed by atoms with Crippen molar-refractivity contribution in [2.45, 2.75) is 6.61 Å². The quantitative estimate of drug-likeness (QED) is 0.683. The van der Waals surface area contributed by atoms with Crippen LogP contribution in [0.1, 0.15) is 16.1 Å². The Hall–Kier alpha value is -2.53. The zero-order valence-electron chi connectivity index (χ0n) is 10.8. The van der Waals surface area contributed by atoms with Crippen LogP contribution in [0.15, 0.2) is 57.7 Å². The normalized spacial score (nSPS) is 10.5. The molecule has 21 heavy (non-hydrogen) atoms. The second-order valence-corrected chi connectivity index (χ2v) is 4.62. The summed E-state index contributed by atoms with van der Waals surface area (Å²) in [7, 11) is 0. The molecule has 0 radical (unpaired) electrons. The summed E-state index contributed by atoms with van der Waals surface area (Å²) in [4.78, 5) is 11.9. The predicted molar refractivity (Wildman–Crippen MR) is 74.8 cm³/mol. The minimum atomic E-state index is -0.511. The Balaban J connectivity index is 1.66. The van der Waals surface area contributed by atoms with E-state index in [9.17, 15) is 4.79 Å². The summed E-state index contributed by atoms with van der Waals surface area (Å²) in [5, 5.41) is 4.16. The van der Waals surface area contributed by atoms with E-state index in [0.29, 0.717) is 27.8 Å². The molecule has 0 aliphatic heterocycles. The van der Waals surface area contributed by atoms with Gasteiger partial charge in [-0.25, -0.2) is 4.79 Å². The lowest BCUT2D eigenvalue weighted by atomic mass is 10.2. The van der Waals surface area contributed by atoms with E-state index in [4.69, 9.17) is 25.3 Å². The molecular weight excluding hydrogens is 294 g/mol. The van der Waals surface area contributed by atoms with Crippen LogP contribution in [0.4, 0.5) is 0 Å². The number of hydrogen-bond donors (Lipinski definition) is 0. The maximum absolute atomic E-state index is 11.9. The van der Waals surface area contributed by atoms with Crippen molar-refractivity contribution in [3.63, 3.8) is 0 Å². The van der Waals surface area contributed by atoms with E-state index in [1.165, 1.54) is 6.26 Å². The molecule has 0 saturated carbocycles. The van der Waals surface area contributed by atoms with Crippen molar-refractivity contribution in [3.8, 4) is 11.5 Å². The molecule has 0 aliphatic carbocycles. The molecule has 106 valence electrons. The van der Waals surface area contributed by atoms with E-state index in [-0.39, 0.29) is 6.61 Å². The number of esters is 1. The van der Waals surface area contributed by atoms with Crippen molar-refractivity contribution in [1.29, 1.82) is 0 Å². The smallest absolute Gasteiger partial charge is 0.340 e. The van der Waals surface area contributed by atoms with Crippen molar-refractivity contribution in [2.75, 3.05) is 0 Å². The molecule has 1 aromatic carbocycles. The first kappa shape index (κ1) is 13.5. The van der Waals surface area contributed by atoms with Crippen molar-refractivity contribution in [2.24, 2.45) is 0 Å². The zero-order valence-corrected chi connectivity index (χ0v) is 11.5. The molecule has 2 heterocycles. The summed E-state index contributed by atoms with van der Waals surface area (Å²) in [5.74, 6) is 0.526. The Kier molecular flexibility index (Phi) is 3.75. The van der Waals surface area contributed by atoms with E-state index in [2.05, 4.69) is 5.16 Å². The van der Waals surface area contributed by atoms with Crippen LogP contribution in [0.2, 0.25) is 5.02 Å². The van der Waals surface area contributed by atoms with E-state index < -0.39 is 5.97 Å². The van der Waals surface area contributed by atoms with Gasteiger partial charge in [0, 0.05) is 6.07 Å². The number of carbonyl (C=O) groups is 1. The third kappa shape index (κ3) is 2.98. The largest absolute Gasteiger partial charge is 0.461 e. The van der Waals surface area contributed by atoms with Gasteiger partial charge in [-0.2, -0.15) is 0 Å². The van der Waals surface area contributed by atoms with Crippen LogP contribution in [0.5, 0.6) is 0 Å². The van der Waals surface area contributed by atoms with Gasteiger partial charge in [0.2, 0.25) is 5.76 Å². The molecule has 0 fully saturated rings. The summed E-state index contributed by atoms with van der Waals surface area (Å²) in [6.07, 6.45) is 1.54. The Morgan fingerprint density at radius 3 is 2.81 bits per heavy atom. The molecule has 0 aliphatic rings. The van der Waals surface area contributed by atoms with Crippen LogP contribution in [0.3, 0.4) is 0 Å². The topological polar surface area (TPSA) is 65.5 Å². The maximum atomic E-state index is 11.9. The number of furan rings is 1. The second kappa shape index (κ2) is 5.85. The van der Waals surface area contributed by atoms with Crippen LogP contribution >= 0.6 is 11.6 Å². The van der Waals surface area contributed by atoms with Gasteiger partial charge >= 0.3 is 5.97 Å². The summed E-state index contributed by atoms with van der Waals surface area (Å²) in [6.45, 7) is -0.00569. The lowest BCUT2D eigenvalue weighted by molar-refractivity contribution is 0.0464. The molecule has 0 N–H and O–H groups in total. The van der Waals surface area contributed by atoms with Gasteiger partial charge in [0.1, 0.15) is 12.3 Å². The van der Waals surface area contributed by atoms with Crippen LogP contribution in [0, 0.1) is 0 Å². The molecular formula is C15H10ClNO4. The molecule has 0 spiro atoms. The first-order valence-corrected chi connectivity index (χ1v) is 6.53. The standard InChI is InChI=1S/C15H10ClNO4/c16-12-5-2-1-4-11(12)15(18)20-9-10-8-14(21-17-10)13-6-3-7-19-13/h1-8H,9H2. The van der Waals surface area contributed by atoms with Crippen LogP contribution in [0.25, 0.3) is 11.5 Å². The Morgan fingerprint density at radius 2 is 2.05 bits per heavy atom. The van der Waals surface area contributed by atoms with Gasteiger partial charge in [-0.1, -0.05) is 28.9 Å². The predicted octanol–water partition coefficient (Wildman–Crippen LogP) is 3.95. The monoisotopic (exact) mass is 303 g/mol. The molecule has 3 aromatic rings. The molecule has 2 aromatic heterocycles. The van der Waals surface area contributed by atoms with Crippen molar-refractivity contribution in [1.82, 2.24) is 5.16 Å². The van der Waals surface area contributed by atoms with Crippen LogP contribution < -0.4 is 0 Å². The number of carbonyl (C=O) groups excluding carboxylic acids is 1. The molecule has 0 amide bonds. The van der Waals surface area contributed by atoms with Gasteiger partial charge in [0.25, 0.3) is 0 Å². The van der Waals surface area contributed by atoms with Gasteiger partial charge in [0.15, 0.2) is 5.76 Å². The lowest BCUT2D eigenvalue weighted by Gasteiger charge is -2.03. The van der Waals surface area contributed by atoms with Crippen molar-refractivity contribution < 1.29 is 18.5 Å². The highest BCUT2D eigenvalue weighted by atomic mass is 35.5. The third-order valence-electron chi connectivity index (χ3n) is 2.77. The van der Waals surface area contributed by atoms with E-state index in [0.717, 1.165) is 0 Å². The third-order valence-corrected chi connectivity index (χ3v) is 3.10. The van der Waals surface area contributed by atoms with Crippen molar-refractivity contribution in [3.05, 3.63) is 65.0 Å². The number of benzene rings is 1. The van der Waals surface area contributed by atoms with Crippen LogP contribution in [-0.4, -0.2) is 11.1 Å². The highest BCUT2D eigenvalue weighted by Crippen LogP contribution is 2.21. The number of ether oxygens (including phenoxy) is 1. The zero-order chi connectivity index (χ0) is 14.7. The Bertz CT molecular complexity index is 749. The maximum Gasteiger partial charge on any atom is 0.340 e. The minimum absolute atomic E-state index is 0.00569. The first-order valence-electron chi connectivity index (χ1n) is 6.15. The lowest BCUT2D eigenvalue weighted by Crippen LogP contribution is -2.05. The molecule has 5 nitrogen and oxygen atoms in total. The van der Waals surface area contributed by atoms with Gasteiger partial charge in [-0.15, -0.1) is 0 Å². The van der Waals surface area contributed by atoms with Crippen LogP contribution in [-0.2, 0) is 11.3 Å². The molecule has 0 unspecified atom stereocenters. The van der Waals surface area contributed by atoms with E-state index in [1.54, 1.807) is 42.5 Å². The van der Waals surface area contributed by atoms with E-state index >= 15 is 0 Å². The number of rotatable bonds is 4. The average Bonchev–Trinajstić information content (AvgIpc) is 3.16. The summed E-state index contributed by atoms with van der Waals surface area (Å²) in [6, 6.07) is 11.8. The number of aromatic nitrogens is 1. The Morgan fingerprint density at radius 1 is 1.19 bits per heavy atom. The molecule has 0 saturated heterocycles. The van der Waals surface area contributed by atoms with Gasteiger partial charge < -0.3 is 13.7 Å². The van der Waals surface area contributed by atoms with Gasteiger partial charge in [-0.3, -0.25) is 0 Å². The molecule has 6 heteroatoms. The molecule has 0 atom stereocenters. The SMILES string of the molecule is O=C(OCc1cc(-c2ccco2)on1)c1ccccc1Cl. The highest BCUT2D eigenvalue weighted by Gasteiger charge is 2.14. The van der Waals surface area contributed by atoms with Gasteiger partial charge in [0.05, 0.1) is 16.8 Å². The Labute approximate surface area is 125 Å². The van der Waals surface area contributed by atoms with E-state index in [1.807, 2.05) is 0 Å². The number of nitrogens with zero attached hydrogens (tertiary/aromatic N) is 1. The number of hydrogen-bond acceptors (Lipinski definition) is 5.